The summed E-state index contributed by atoms with van der Waals surface area (Å²) in [5, 5.41) is 5.65. The lowest BCUT2D eigenvalue weighted by atomic mass is 10.1. The molecule has 2 amide bonds. The number of amides is 2. The van der Waals surface area contributed by atoms with Crippen LogP contribution in [0.4, 0.5) is 16.2 Å². The van der Waals surface area contributed by atoms with E-state index in [0.717, 1.165) is 11.1 Å². The van der Waals surface area contributed by atoms with E-state index < -0.39 is 6.16 Å². The summed E-state index contributed by atoms with van der Waals surface area (Å²) in [5.74, 6) is -0.283. The van der Waals surface area contributed by atoms with Gasteiger partial charge in [-0.05, 0) is 55.8 Å². The summed E-state index contributed by atoms with van der Waals surface area (Å²) in [6, 6.07) is 20.8. The largest absolute Gasteiger partial charge is 0.513 e. The first-order chi connectivity index (χ1) is 15.4. The van der Waals surface area contributed by atoms with Gasteiger partial charge in [-0.3, -0.25) is 9.59 Å². The van der Waals surface area contributed by atoms with Crippen molar-refractivity contribution in [2.75, 3.05) is 17.2 Å². The summed E-state index contributed by atoms with van der Waals surface area (Å²) in [5.41, 5.74) is 3.33. The highest BCUT2D eigenvalue weighted by Crippen LogP contribution is 2.23. The molecule has 32 heavy (non-hydrogen) atoms. The molecule has 0 saturated heterocycles. The Morgan fingerprint density at radius 1 is 0.844 bits per heavy atom. The Morgan fingerprint density at radius 3 is 2.19 bits per heavy atom. The number of aryl methyl sites for hydroxylation is 1. The van der Waals surface area contributed by atoms with Gasteiger partial charge in [0.2, 0.25) is 5.91 Å². The Labute approximate surface area is 186 Å². The average molecular weight is 432 g/mol. The molecule has 0 aromatic heterocycles. The molecule has 0 fully saturated rings. The minimum absolute atomic E-state index is 0.183. The molecule has 0 spiro atoms. The molecule has 3 rings (SSSR count). The van der Waals surface area contributed by atoms with E-state index in [2.05, 4.69) is 10.6 Å². The molecule has 0 heterocycles. The number of rotatable bonds is 7. The SMILES string of the molecule is CCOC(=O)Oc1ccc(C(=O)Nc2ccccc2NC(=O)Cc2cccc(C)c2)cc1. The van der Waals surface area contributed by atoms with Crippen molar-refractivity contribution in [2.24, 2.45) is 0 Å². The summed E-state index contributed by atoms with van der Waals surface area (Å²) in [7, 11) is 0. The maximum Gasteiger partial charge on any atom is 0.513 e. The number of anilines is 2. The molecular weight excluding hydrogens is 408 g/mol. The van der Waals surface area contributed by atoms with Crippen molar-refractivity contribution in [1.29, 1.82) is 0 Å². The fourth-order valence-electron chi connectivity index (χ4n) is 3.02. The normalized spacial score (nSPS) is 10.2. The van der Waals surface area contributed by atoms with Crippen molar-refractivity contribution in [3.8, 4) is 5.75 Å². The van der Waals surface area contributed by atoms with Crippen LogP contribution in [0.2, 0.25) is 0 Å². The molecule has 164 valence electrons. The van der Waals surface area contributed by atoms with Gasteiger partial charge in [-0.25, -0.2) is 4.79 Å². The first-order valence-electron chi connectivity index (χ1n) is 10.1. The predicted octanol–water partition coefficient (Wildman–Crippen LogP) is 4.96. The second-order valence-electron chi connectivity index (χ2n) is 7.02. The number of hydrogen-bond donors (Lipinski definition) is 2. The van der Waals surface area contributed by atoms with Crippen LogP contribution in [0.25, 0.3) is 0 Å². The monoisotopic (exact) mass is 432 g/mol. The number of para-hydroxylation sites is 2. The first kappa shape index (κ1) is 22.6. The van der Waals surface area contributed by atoms with Crippen LogP contribution in [0, 0.1) is 6.92 Å². The van der Waals surface area contributed by atoms with Crippen LogP contribution in [0.1, 0.15) is 28.4 Å². The van der Waals surface area contributed by atoms with Crippen molar-refractivity contribution >= 4 is 29.3 Å². The maximum atomic E-state index is 12.7. The van der Waals surface area contributed by atoms with Crippen LogP contribution in [0.5, 0.6) is 5.75 Å². The predicted molar refractivity (Wildman–Crippen MR) is 122 cm³/mol. The molecule has 2 N–H and O–H groups in total. The van der Waals surface area contributed by atoms with E-state index in [1.165, 1.54) is 24.3 Å². The van der Waals surface area contributed by atoms with E-state index in [1.54, 1.807) is 31.2 Å². The Kier molecular flexibility index (Phi) is 7.59. The van der Waals surface area contributed by atoms with Gasteiger partial charge < -0.3 is 20.1 Å². The highest BCUT2D eigenvalue weighted by molar-refractivity contribution is 6.07. The molecule has 0 aliphatic rings. The van der Waals surface area contributed by atoms with E-state index in [9.17, 15) is 14.4 Å². The van der Waals surface area contributed by atoms with Crippen molar-refractivity contribution < 1.29 is 23.9 Å². The van der Waals surface area contributed by atoms with E-state index in [4.69, 9.17) is 9.47 Å². The molecular formula is C25H24N2O5. The number of carbonyl (C=O) groups is 3. The second kappa shape index (κ2) is 10.8. The van der Waals surface area contributed by atoms with Crippen LogP contribution in [-0.4, -0.2) is 24.6 Å². The lowest BCUT2D eigenvalue weighted by Crippen LogP contribution is -2.18. The van der Waals surface area contributed by atoms with Crippen LogP contribution >= 0.6 is 0 Å². The van der Waals surface area contributed by atoms with Gasteiger partial charge in [-0.2, -0.15) is 0 Å². The topological polar surface area (TPSA) is 93.7 Å². The maximum absolute atomic E-state index is 12.7. The minimum Gasteiger partial charge on any atom is -0.434 e. The number of ether oxygens (including phenoxy) is 2. The summed E-state index contributed by atoms with van der Waals surface area (Å²) < 4.78 is 9.70. The molecule has 0 aliphatic carbocycles. The fourth-order valence-corrected chi connectivity index (χ4v) is 3.02. The van der Waals surface area contributed by atoms with Gasteiger partial charge in [0.25, 0.3) is 5.91 Å². The second-order valence-corrected chi connectivity index (χ2v) is 7.02. The summed E-state index contributed by atoms with van der Waals surface area (Å²) in [6.45, 7) is 3.86. The Hall–Kier alpha value is -4.13. The third-order valence-electron chi connectivity index (χ3n) is 4.48. The fraction of sp³-hybridized carbons (Fsp3) is 0.160. The number of benzene rings is 3. The quantitative estimate of drug-likeness (QED) is 0.406. The summed E-state index contributed by atoms with van der Waals surface area (Å²) in [6.07, 6.45) is -0.577. The van der Waals surface area contributed by atoms with Gasteiger partial charge in [0, 0.05) is 5.56 Å². The van der Waals surface area contributed by atoms with E-state index in [1.807, 2.05) is 31.2 Å². The number of nitrogens with one attached hydrogen (secondary N) is 2. The smallest absolute Gasteiger partial charge is 0.434 e. The van der Waals surface area contributed by atoms with Gasteiger partial charge in [0.15, 0.2) is 0 Å². The van der Waals surface area contributed by atoms with Crippen LogP contribution < -0.4 is 15.4 Å². The molecule has 3 aromatic rings. The molecule has 0 atom stereocenters. The van der Waals surface area contributed by atoms with Crippen LogP contribution in [-0.2, 0) is 16.0 Å². The van der Waals surface area contributed by atoms with Crippen molar-refractivity contribution in [1.82, 2.24) is 0 Å². The zero-order valence-electron chi connectivity index (χ0n) is 17.9. The molecule has 0 bridgehead atoms. The van der Waals surface area contributed by atoms with E-state index in [-0.39, 0.29) is 30.6 Å². The molecule has 3 aromatic carbocycles. The highest BCUT2D eigenvalue weighted by atomic mass is 16.7. The van der Waals surface area contributed by atoms with Gasteiger partial charge >= 0.3 is 6.16 Å². The van der Waals surface area contributed by atoms with Crippen molar-refractivity contribution in [3.63, 3.8) is 0 Å². The molecule has 7 nitrogen and oxygen atoms in total. The summed E-state index contributed by atoms with van der Waals surface area (Å²) >= 11 is 0. The molecule has 7 heteroatoms. The van der Waals surface area contributed by atoms with Gasteiger partial charge in [0.1, 0.15) is 5.75 Å². The third-order valence-corrected chi connectivity index (χ3v) is 4.48. The molecule has 0 unspecified atom stereocenters. The lowest BCUT2D eigenvalue weighted by Gasteiger charge is -2.13. The molecule has 0 saturated carbocycles. The van der Waals surface area contributed by atoms with E-state index in [0.29, 0.717) is 16.9 Å². The Morgan fingerprint density at radius 2 is 1.53 bits per heavy atom. The first-order valence-corrected chi connectivity index (χ1v) is 10.1. The van der Waals surface area contributed by atoms with Gasteiger partial charge in [-0.15, -0.1) is 0 Å². The van der Waals surface area contributed by atoms with Crippen LogP contribution in [0.3, 0.4) is 0 Å². The summed E-state index contributed by atoms with van der Waals surface area (Å²) in [4.78, 5) is 36.5. The Balaban J connectivity index is 1.64. The zero-order chi connectivity index (χ0) is 22.9. The minimum atomic E-state index is -0.806. The van der Waals surface area contributed by atoms with Gasteiger partial charge in [0.05, 0.1) is 24.4 Å². The molecule has 0 aliphatic heterocycles. The standard InChI is InChI=1S/C25H24N2O5/c1-3-31-25(30)32-20-13-11-19(12-14-20)24(29)27-22-10-5-4-9-21(22)26-23(28)16-18-8-6-7-17(2)15-18/h4-15H,3,16H2,1-2H3,(H,26,28)(H,27,29). The highest BCUT2D eigenvalue weighted by Gasteiger charge is 2.12. The van der Waals surface area contributed by atoms with E-state index >= 15 is 0 Å². The lowest BCUT2D eigenvalue weighted by molar-refractivity contribution is -0.115. The zero-order valence-corrected chi connectivity index (χ0v) is 17.9. The van der Waals surface area contributed by atoms with Crippen LogP contribution in [0.15, 0.2) is 72.8 Å². The Bertz CT molecular complexity index is 1110. The third kappa shape index (κ3) is 6.43. The van der Waals surface area contributed by atoms with Gasteiger partial charge in [-0.1, -0.05) is 42.0 Å². The number of carbonyl (C=O) groups excluding carboxylic acids is 3. The van der Waals surface area contributed by atoms with Crippen molar-refractivity contribution in [2.45, 2.75) is 20.3 Å². The number of hydrogen-bond acceptors (Lipinski definition) is 5. The molecule has 0 radical (unpaired) electrons. The van der Waals surface area contributed by atoms with Crippen molar-refractivity contribution in [3.05, 3.63) is 89.5 Å². The average Bonchev–Trinajstić information content (AvgIpc) is 2.75.